The first-order valence-electron chi connectivity index (χ1n) is 10.3. The Bertz CT molecular complexity index is 1690. The molecule has 8 nitrogen and oxygen atoms in total. The Hall–Kier alpha value is -4.69. The van der Waals surface area contributed by atoms with E-state index in [0.717, 1.165) is 16.8 Å². The van der Waals surface area contributed by atoms with Gasteiger partial charge in [-0.25, -0.2) is 4.79 Å². The lowest BCUT2D eigenvalue weighted by Crippen LogP contribution is -2.09. The predicted molar refractivity (Wildman–Crippen MR) is 130 cm³/mol. The minimum atomic E-state index is -0.831. The number of ether oxygens (including phenoxy) is 2. The number of benzene rings is 4. The van der Waals surface area contributed by atoms with E-state index in [4.69, 9.17) is 25.5 Å². The van der Waals surface area contributed by atoms with Gasteiger partial charge >= 0.3 is 5.97 Å². The maximum absolute atomic E-state index is 12.9. The molecule has 0 spiro atoms. The van der Waals surface area contributed by atoms with Crippen molar-refractivity contribution in [2.75, 3.05) is 0 Å². The molecule has 1 heterocycles. The van der Waals surface area contributed by atoms with E-state index < -0.39 is 22.0 Å². The van der Waals surface area contributed by atoms with Crippen LogP contribution in [0, 0.1) is 10.1 Å². The predicted octanol–water partition coefficient (Wildman–Crippen LogP) is 6.52. The highest BCUT2D eigenvalue weighted by molar-refractivity contribution is 6.32. The summed E-state index contributed by atoms with van der Waals surface area (Å²) in [6.45, 7) is 0. The highest BCUT2D eigenvalue weighted by atomic mass is 35.5. The molecule has 0 radical (unpaired) electrons. The summed E-state index contributed by atoms with van der Waals surface area (Å²) in [5.74, 6) is -0.252. The van der Waals surface area contributed by atoms with E-state index in [1.165, 1.54) is 36.6 Å². The SMILES string of the molecule is O=C(Oc1ccc2c(=O)c(Oc3ccc4ccccc4c3)coc2c1)c1ccc(Cl)c([N+](=O)[O-])c1. The molecule has 0 atom stereocenters. The van der Waals surface area contributed by atoms with Gasteiger partial charge in [-0.15, -0.1) is 0 Å². The largest absolute Gasteiger partial charge is 0.460 e. The van der Waals surface area contributed by atoms with Gasteiger partial charge in [0.15, 0.2) is 0 Å². The molecular formula is C26H14ClNO7. The minimum absolute atomic E-state index is 0.00556. The van der Waals surface area contributed by atoms with Gasteiger partial charge in [0.1, 0.15) is 28.4 Å². The zero-order valence-electron chi connectivity index (χ0n) is 17.8. The summed E-state index contributed by atoms with van der Waals surface area (Å²) in [6.07, 6.45) is 1.19. The van der Waals surface area contributed by atoms with Crippen molar-refractivity contribution in [3.8, 4) is 17.2 Å². The van der Waals surface area contributed by atoms with Gasteiger partial charge < -0.3 is 13.9 Å². The Balaban J connectivity index is 1.39. The number of hydrogen-bond acceptors (Lipinski definition) is 7. The highest BCUT2D eigenvalue weighted by Crippen LogP contribution is 2.28. The van der Waals surface area contributed by atoms with Crippen molar-refractivity contribution in [2.24, 2.45) is 0 Å². The highest BCUT2D eigenvalue weighted by Gasteiger charge is 2.18. The van der Waals surface area contributed by atoms with E-state index >= 15 is 0 Å². The summed E-state index contributed by atoms with van der Waals surface area (Å²) in [6, 6.07) is 21.1. The summed E-state index contributed by atoms with van der Waals surface area (Å²) < 4.78 is 16.6. The monoisotopic (exact) mass is 487 g/mol. The Kier molecular flexibility index (Phi) is 5.64. The van der Waals surface area contributed by atoms with Gasteiger partial charge in [0.05, 0.1) is 15.9 Å². The fourth-order valence-corrected chi connectivity index (χ4v) is 3.71. The van der Waals surface area contributed by atoms with Crippen molar-refractivity contribution >= 4 is 45.0 Å². The van der Waals surface area contributed by atoms with Crippen LogP contribution in [0.1, 0.15) is 10.4 Å². The minimum Gasteiger partial charge on any atom is -0.460 e. The lowest BCUT2D eigenvalue weighted by molar-refractivity contribution is -0.384. The Morgan fingerprint density at radius 1 is 0.914 bits per heavy atom. The number of halogens is 1. The molecule has 0 unspecified atom stereocenters. The first-order chi connectivity index (χ1) is 16.9. The number of hydrogen-bond donors (Lipinski definition) is 0. The molecule has 0 bridgehead atoms. The van der Waals surface area contributed by atoms with Crippen LogP contribution in [-0.4, -0.2) is 10.9 Å². The molecule has 35 heavy (non-hydrogen) atoms. The van der Waals surface area contributed by atoms with Crippen molar-refractivity contribution in [1.82, 2.24) is 0 Å². The van der Waals surface area contributed by atoms with Gasteiger partial charge in [0.2, 0.25) is 11.2 Å². The fraction of sp³-hybridized carbons (Fsp3) is 0. The first kappa shape index (κ1) is 22.1. The zero-order chi connectivity index (χ0) is 24.5. The van der Waals surface area contributed by atoms with Crippen LogP contribution in [0.25, 0.3) is 21.7 Å². The topological polar surface area (TPSA) is 109 Å². The van der Waals surface area contributed by atoms with Gasteiger partial charge in [0, 0.05) is 12.1 Å². The molecule has 172 valence electrons. The molecule has 0 aliphatic rings. The van der Waals surface area contributed by atoms with Crippen LogP contribution in [0.2, 0.25) is 5.02 Å². The second-order valence-corrected chi connectivity index (χ2v) is 7.92. The van der Waals surface area contributed by atoms with Crippen LogP contribution >= 0.6 is 11.6 Å². The maximum Gasteiger partial charge on any atom is 0.343 e. The van der Waals surface area contributed by atoms with Crippen LogP contribution < -0.4 is 14.9 Å². The molecule has 5 rings (SSSR count). The third kappa shape index (κ3) is 4.42. The molecule has 4 aromatic carbocycles. The maximum atomic E-state index is 12.9. The van der Waals surface area contributed by atoms with E-state index in [-0.39, 0.29) is 33.1 Å². The number of nitro groups is 1. The van der Waals surface area contributed by atoms with Crippen LogP contribution in [0.15, 0.2) is 94.3 Å². The number of carbonyl (C=O) groups is 1. The van der Waals surface area contributed by atoms with Crippen molar-refractivity contribution in [3.63, 3.8) is 0 Å². The summed E-state index contributed by atoms with van der Waals surface area (Å²) >= 11 is 5.78. The molecule has 5 aromatic rings. The number of carbonyl (C=O) groups excluding carboxylic acids is 1. The molecular weight excluding hydrogens is 474 g/mol. The summed E-state index contributed by atoms with van der Waals surface area (Å²) in [5, 5.41) is 13.2. The van der Waals surface area contributed by atoms with Gasteiger partial charge in [-0.1, -0.05) is 41.9 Å². The molecule has 0 amide bonds. The second kappa shape index (κ2) is 8.92. The summed E-state index contributed by atoms with van der Waals surface area (Å²) in [5.41, 5.74) is -0.690. The average molecular weight is 488 g/mol. The van der Waals surface area contributed by atoms with Crippen molar-refractivity contribution in [1.29, 1.82) is 0 Å². The molecule has 1 aromatic heterocycles. The van der Waals surface area contributed by atoms with Crippen LogP contribution in [0.4, 0.5) is 5.69 Å². The lowest BCUT2D eigenvalue weighted by Gasteiger charge is -2.08. The normalized spacial score (nSPS) is 10.9. The second-order valence-electron chi connectivity index (χ2n) is 7.51. The number of fused-ring (bicyclic) bond motifs is 2. The van der Waals surface area contributed by atoms with Gasteiger partial charge in [0.25, 0.3) is 5.69 Å². The van der Waals surface area contributed by atoms with E-state index in [0.29, 0.717) is 5.75 Å². The Morgan fingerprint density at radius 2 is 1.69 bits per heavy atom. The van der Waals surface area contributed by atoms with Crippen LogP contribution in [0.3, 0.4) is 0 Å². The third-order valence-corrected chi connectivity index (χ3v) is 5.57. The molecule has 0 fully saturated rings. The van der Waals surface area contributed by atoms with Gasteiger partial charge in [-0.3, -0.25) is 14.9 Å². The van der Waals surface area contributed by atoms with Crippen molar-refractivity contribution < 1.29 is 23.6 Å². The number of nitrogens with zero attached hydrogens (tertiary/aromatic N) is 1. The Morgan fingerprint density at radius 3 is 2.49 bits per heavy atom. The standard InChI is InChI=1S/C26H14ClNO7/c27-21-10-6-17(12-22(21)28(31)32)26(30)35-19-8-9-20-23(13-19)33-14-24(25(20)29)34-18-7-5-15-3-1-2-4-16(15)11-18/h1-14H. The van der Waals surface area contributed by atoms with E-state index in [1.54, 1.807) is 6.07 Å². The summed E-state index contributed by atoms with van der Waals surface area (Å²) in [4.78, 5) is 35.7. The Labute approximate surface area is 202 Å². The fourth-order valence-electron chi connectivity index (χ4n) is 3.53. The molecule has 0 aliphatic heterocycles. The van der Waals surface area contributed by atoms with Gasteiger partial charge in [-0.05, 0) is 47.2 Å². The summed E-state index contributed by atoms with van der Waals surface area (Å²) in [7, 11) is 0. The number of rotatable bonds is 5. The number of nitro benzene ring substituents is 1. The smallest absolute Gasteiger partial charge is 0.343 e. The van der Waals surface area contributed by atoms with E-state index in [2.05, 4.69) is 0 Å². The zero-order valence-corrected chi connectivity index (χ0v) is 18.5. The first-order valence-corrected chi connectivity index (χ1v) is 10.7. The molecule has 0 saturated heterocycles. The molecule has 9 heteroatoms. The third-order valence-electron chi connectivity index (χ3n) is 5.25. The number of esters is 1. The van der Waals surface area contributed by atoms with E-state index in [9.17, 15) is 19.7 Å². The lowest BCUT2D eigenvalue weighted by atomic mass is 10.1. The average Bonchev–Trinajstić information content (AvgIpc) is 2.85. The van der Waals surface area contributed by atoms with Crippen LogP contribution in [0.5, 0.6) is 17.2 Å². The van der Waals surface area contributed by atoms with Crippen molar-refractivity contribution in [2.45, 2.75) is 0 Å². The van der Waals surface area contributed by atoms with E-state index in [1.807, 2.05) is 36.4 Å². The molecule has 0 N–H and O–H groups in total. The van der Waals surface area contributed by atoms with Gasteiger partial charge in [-0.2, -0.15) is 0 Å². The van der Waals surface area contributed by atoms with Crippen molar-refractivity contribution in [3.05, 3.63) is 116 Å². The quantitative estimate of drug-likeness (QED) is 0.120. The molecule has 0 aliphatic carbocycles. The molecule has 0 saturated carbocycles. The van der Waals surface area contributed by atoms with Crippen LogP contribution in [-0.2, 0) is 0 Å².